The van der Waals surface area contributed by atoms with Gasteiger partial charge in [-0.05, 0) is 36.6 Å². The quantitative estimate of drug-likeness (QED) is 0.745. The number of hydrogen-bond acceptors (Lipinski definition) is 2. The topological polar surface area (TPSA) is 20.3 Å². The molecule has 1 aromatic rings. The summed E-state index contributed by atoms with van der Waals surface area (Å²) in [5.74, 6) is 1.04. The van der Waals surface area contributed by atoms with Gasteiger partial charge in [0.25, 0.3) is 0 Å². The van der Waals surface area contributed by atoms with Gasteiger partial charge in [-0.15, -0.1) is 0 Å². The van der Waals surface area contributed by atoms with Crippen molar-refractivity contribution in [1.82, 2.24) is 4.90 Å². The third-order valence-corrected chi connectivity index (χ3v) is 4.04. The molecule has 2 heterocycles. The highest BCUT2D eigenvalue weighted by Gasteiger charge is 2.40. The molecule has 3 heteroatoms. The first-order valence-electron chi connectivity index (χ1n) is 5.74. The molecule has 0 spiro atoms. The average molecular weight is 236 g/mol. The SMILES string of the molecule is O=C1CN2CC[C@@H](c3ccc(Cl)cc3)[C@@H]1C2. The number of halogens is 1. The van der Waals surface area contributed by atoms with Gasteiger partial charge in [0, 0.05) is 17.5 Å². The Bertz CT molecular complexity index is 414. The van der Waals surface area contributed by atoms with Crippen LogP contribution in [0.4, 0.5) is 0 Å². The van der Waals surface area contributed by atoms with Crippen molar-refractivity contribution in [2.45, 2.75) is 12.3 Å². The van der Waals surface area contributed by atoms with E-state index >= 15 is 0 Å². The third-order valence-electron chi connectivity index (χ3n) is 3.79. The molecule has 84 valence electrons. The van der Waals surface area contributed by atoms with E-state index in [4.69, 9.17) is 11.6 Å². The molecule has 0 N–H and O–H groups in total. The molecule has 0 aliphatic carbocycles. The normalized spacial score (nSPS) is 33.1. The molecule has 0 radical (unpaired) electrons. The summed E-state index contributed by atoms with van der Waals surface area (Å²) in [6.45, 7) is 2.66. The number of Topliss-reactive ketones (excluding diaryl/α,β-unsaturated/α-hetero) is 1. The molecule has 2 aliphatic rings. The fourth-order valence-corrected chi connectivity index (χ4v) is 3.06. The fourth-order valence-electron chi connectivity index (χ4n) is 2.94. The summed E-state index contributed by atoms with van der Waals surface area (Å²) in [7, 11) is 0. The first kappa shape index (κ1) is 10.3. The standard InChI is InChI=1S/C13H14ClNO/c14-10-3-1-9(2-4-10)11-5-6-15-7-12(11)13(16)8-15/h1-4,11-12H,5-8H2/t11-,12-/m0/s1. The Balaban J connectivity index is 1.89. The monoisotopic (exact) mass is 235 g/mol. The number of fused-ring (bicyclic) bond motifs is 2. The van der Waals surface area contributed by atoms with E-state index in [-0.39, 0.29) is 5.92 Å². The van der Waals surface area contributed by atoms with Crippen LogP contribution in [0.15, 0.2) is 24.3 Å². The maximum absolute atomic E-state index is 11.8. The molecule has 2 fully saturated rings. The predicted octanol–water partition coefficient (Wildman–Crippen LogP) is 2.33. The molecule has 3 rings (SSSR count). The van der Waals surface area contributed by atoms with Crippen molar-refractivity contribution in [3.05, 3.63) is 34.9 Å². The van der Waals surface area contributed by atoms with Crippen molar-refractivity contribution in [3.8, 4) is 0 Å². The second kappa shape index (κ2) is 3.86. The lowest BCUT2D eigenvalue weighted by atomic mass is 9.81. The Morgan fingerprint density at radius 1 is 1.19 bits per heavy atom. The van der Waals surface area contributed by atoms with Gasteiger partial charge in [-0.1, -0.05) is 23.7 Å². The summed E-state index contributed by atoms with van der Waals surface area (Å²) < 4.78 is 0. The maximum Gasteiger partial charge on any atom is 0.151 e. The number of hydrogen-bond donors (Lipinski definition) is 0. The van der Waals surface area contributed by atoms with Gasteiger partial charge in [0.2, 0.25) is 0 Å². The van der Waals surface area contributed by atoms with E-state index in [0.29, 0.717) is 18.2 Å². The highest BCUT2D eigenvalue weighted by atomic mass is 35.5. The maximum atomic E-state index is 11.8. The van der Waals surface area contributed by atoms with Crippen LogP contribution in [0.3, 0.4) is 0 Å². The first-order valence-corrected chi connectivity index (χ1v) is 6.12. The molecule has 1 unspecified atom stereocenters. The molecule has 2 saturated heterocycles. The Kier molecular flexibility index (Phi) is 2.49. The molecular weight excluding hydrogens is 222 g/mol. The van der Waals surface area contributed by atoms with Crippen LogP contribution in [-0.4, -0.2) is 30.3 Å². The van der Waals surface area contributed by atoms with Crippen molar-refractivity contribution >= 4 is 17.4 Å². The van der Waals surface area contributed by atoms with Crippen LogP contribution in [0.5, 0.6) is 0 Å². The number of benzene rings is 1. The summed E-state index contributed by atoms with van der Waals surface area (Å²) in [6.07, 6.45) is 1.10. The number of nitrogens with zero attached hydrogens (tertiary/aromatic N) is 1. The molecule has 2 bridgehead atoms. The molecule has 0 amide bonds. The van der Waals surface area contributed by atoms with Gasteiger partial charge in [-0.25, -0.2) is 0 Å². The van der Waals surface area contributed by atoms with Crippen molar-refractivity contribution in [3.63, 3.8) is 0 Å². The molecule has 2 nitrogen and oxygen atoms in total. The summed E-state index contributed by atoms with van der Waals surface area (Å²) >= 11 is 5.88. The van der Waals surface area contributed by atoms with Crippen molar-refractivity contribution in [2.75, 3.05) is 19.6 Å². The van der Waals surface area contributed by atoms with Crippen LogP contribution in [0.25, 0.3) is 0 Å². The number of ketones is 1. The van der Waals surface area contributed by atoms with E-state index in [1.54, 1.807) is 0 Å². The van der Waals surface area contributed by atoms with E-state index in [9.17, 15) is 4.79 Å². The lowest BCUT2D eigenvalue weighted by Gasteiger charge is -2.29. The van der Waals surface area contributed by atoms with Gasteiger partial charge in [0.1, 0.15) is 0 Å². The Morgan fingerprint density at radius 2 is 1.94 bits per heavy atom. The molecule has 2 aliphatic heterocycles. The Hall–Kier alpha value is -0.860. The molecule has 0 saturated carbocycles. The van der Waals surface area contributed by atoms with Crippen molar-refractivity contribution < 1.29 is 4.79 Å². The lowest BCUT2D eigenvalue weighted by Crippen LogP contribution is -2.31. The van der Waals surface area contributed by atoms with Gasteiger partial charge >= 0.3 is 0 Å². The zero-order valence-electron chi connectivity index (χ0n) is 9.03. The zero-order chi connectivity index (χ0) is 11.1. The van der Waals surface area contributed by atoms with Crippen LogP contribution in [-0.2, 0) is 4.79 Å². The number of rotatable bonds is 1. The van der Waals surface area contributed by atoms with E-state index in [1.165, 1.54) is 5.56 Å². The van der Waals surface area contributed by atoms with E-state index < -0.39 is 0 Å². The highest BCUT2D eigenvalue weighted by molar-refractivity contribution is 6.30. The van der Waals surface area contributed by atoms with Crippen LogP contribution in [0.2, 0.25) is 5.02 Å². The van der Waals surface area contributed by atoms with Gasteiger partial charge in [-0.2, -0.15) is 0 Å². The molecule has 1 aromatic carbocycles. The second-order valence-electron chi connectivity index (χ2n) is 4.75. The largest absolute Gasteiger partial charge is 0.298 e. The minimum Gasteiger partial charge on any atom is -0.298 e. The minimum absolute atomic E-state index is 0.218. The number of carbonyl (C=O) groups is 1. The van der Waals surface area contributed by atoms with Gasteiger partial charge in [0.15, 0.2) is 5.78 Å². The predicted molar refractivity (Wildman–Crippen MR) is 63.7 cm³/mol. The van der Waals surface area contributed by atoms with E-state index in [2.05, 4.69) is 17.0 Å². The van der Waals surface area contributed by atoms with Crippen molar-refractivity contribution in [2.24, 2.45) is 5.92 Å². The summed E-state index contributed by atoms with van der Waals surface area (Å²) in [5.41, 5.74) is 1.27. The van der Waals surface area contributed by atoms with E-state index in [1.807, 2.05) is 12.1 Å². The second-order valence-corrected chi connectivity index (χ2v) is 5.19. The fraction of sp³-hybridized carbons (Fsp3) is 0.462. The van der Waals surface area contributed by atoms with E-state index in [0.717, 1.165) is 24.5 Å². The molecule has 0 aromatic heterocycles. The summed E-state index contributed by atoms with van der Waals surface area (Å²) in [5, 5.41) is 0.763. The van der Waals surface area contributed by atoms with Crippen LogP contribution in [0, 0.1) is 5.92 Å². The lowest BCUT2D eigenvalue weighted by molar-refractivity contribution is -0.120. The van der Waals surface area contributed by atoms with Gasteiger partial charge in [0.05, 0.1) is 6.54 Å². The van der Waals surface area contributed by atoms with Gasteiger partial charge < -0.3 is 0 Å². The van der Waals surface area contributed by atoms with Crippen LogP contribution in [0.1, 0.15) is 17.9 Å². The van der Waals surface area contributed by atoms with Crippen LogP contribution >= 0.6 is 11.6 Å². The van der Waals surface area contributed by atoms with Crippen LogP contribution < -0.4 is 0 Å². The number of carbonyl (C=O) groups excluding carboxylic acids is 1. The highest BCUT2D eigenvalue weighted by Crippen LogP contribution is 2.37. The number of piperidine rings is 1. The van der Waals surface area contributed by atoms with Gasteiger partial charge in [-0.3, -0.25) is 9.69 Å². The van der Waals surface area contributed by atoms with Crippen molar-refractivity contribution in [1.29, 1.82) is 0 Å². The zero-order valence-corrected chi connectivity index (χ0v) is 9.78. The third kappa shape index (κ3) is 1.66. The molecular formula is C13H14ClNO. The summed E-state index contributed by atoms with van der Waals surface area (Å²) in [4.78, 5) is 14.1. The minimum atomic E-state index is 0.218. The average Bonchev–Trinajstić information content (AvgIpc) is 2.57. The Morgan fingerprint density at radius 3 is 2.69 bits per heavy atom. The Labute approximate surface area is 100 Å². The summed E-state index contributed by atoms with van der Waals surface area (Å²) in [6, 6.07) is 7.97. The molecule has 3 atom stereocenters. The smallest absolute Gasteiger partial charge is 0.151 e. The first-order chi connectivity index (χ1) is 7.74. The molecule has 16 heavy (non-hydrogen) atoms.